The highest BCUT2D eigenvalue weighted by Gasteiger charge is 2.39. The minimum atomic E-state index is -3.57. The molecule has 0 saturated carbocycles. The number of aromatic hydroxyl groups is 1. The molecule has 0 aromatic heterocycles. The summed E-state index contributed by atoms with van der Waals surface area (Å²) in [6.07, 6.45) is 0. The molecule has 1 atom stereocenters. The van der Waals surface area contributed by atoms with Gasteiger partial charge < -0.3 is 15.9 Å². The van der Waals surface area contributed by atoms with E-state index in [0.717, 1.165) is 6.07 Å². The van der Waals surface area contributed by atoms with Crippen molar-refractivity contribution in [2.75, 3.05) is 6.61 Å². The Morgan fingerprint density at radius 3 is 2.29 bits per heavy atom. The van der Waals surface area contributed by atoms with Crippen LogP contribution in [0.15, 0.2) is 12.1 Å². The van der Waals surface area contributed by atoms with Crippen LogP contribution in [0.3, 0.4) is 0 Å². The maximum absolute atomic E-state index is 13.1. The molecule has 0 aliphatic heterocycles. The van der Waals surface area contributed by atoms with Gasteiger partial charge in [0.05, 0.1) is 5.02 Å². The van der Waals surface area contributed by atoms with Gasteiger partial charge in [-0.05, 0) is 12.1 Å². The number of rotatable bonds is 3. The highest BCUT2D eigenvalue weighted by molar-refractivity contribution is 6.35. The van der Waals surface area contributed by atoms with Gasteiger partial charge in [-0.2, -0.15) is 0 Å². The second kappa shape index (κ2) is 6.02. The lowest BCUT2D eigenvalue weighted by atomic mass is 10.0. The van der Waals surface area contributed by atoms with Crippen molar-refractivity contribution in [3.8, 4) is 5.75 Å². The minimum absolute atomic E-state index is 0. The molecule has 0 aliphatic carbocycles. The summed E-state index contributed by atoms with van der Waals surface area (Å²) in [5.41, 5.74) is 4.90. The molecular formula is C9H10Cl3F2NO2. The average molecular weight is 309 g/mol. The molecule has 1 aromatic rings. The van der Waals surface area contributed by atoms with Gasteiger partial charge in [0.2, 0.25) is 0 Å². The zero-order valence-corrected chi connectivity index (χ0v) is 10.7. The Morgan fingerprint density at radius 1 is 1.35 bits per heavy atom. The Bertz CT molecular complexity index is 381. The van der Waals surface area contributed by atoms with Crippen molar-refractivity contribution in [2.45, 2.75) is 12.0 Å². The van der Waals surface area contributed by atoms with Crippen molar-refractivity contribution < 1.29 is 19.0 Å². The van der Waals surface area contributed by atoms with Crippen molar-refractivity contribution in [1.29, 1.82) is 0 Å². The molecule has 3 nitrogen and oxygen atoms in total. The second-order valence-electron chi connectivity index (χ2n) is 3.22. The molecule has 0 aliphatic rings. The van der Waals surface area contributed by atoms with E-state index >= 15 is 0 Å². The van der Waals surface area contributed by atoms with Crippen LogP contribution in [0, 0.1) is 0 Å². The first-order chi connectivity index (χ1) is 7.29. The number of phenols is 1. The molecule has 0 amide bonds. The number of hydrogen-bond donors (Lipinski definition) is 3. The zero-order chi connectivity index (χ0) is 12.5. The van der Waals surface area contributed by atoms with E-state index in [-0.39, 0.29) is 28.0 Å². The van der Waals surface area contributed by atoms with Crippen molar-refractivity contribution in [2.24, 2.45) is 5.73 Å². The monoisotopic (exact) mass is 307 g/mol. The Labute approximate surface area is 113 Å². The van der Waals surface area contributed by atoms with Gasteiger partial charge in [-0.25, -0.2) is 8.78 Å². The van der Waals surface area contributed by atoms with E-state index < -0.39 is 24.3 Å². The van der Waals surface area contributed by atoms with Crippen LogP contribution in [0.25, 0.3) is 0 Å². The van der Waals surface area contributed by atoms with Gasteiger partial charge in [0.25, 0.3) is 5.92 Å². The molecule has 0 unspecified atom stereocenters. The Morgan fingerprint density at radius 2 is 1.88 bits per heavy atom. The lowest BCUT2D eigenvalue weighted by molar-refractivity contribution is -0.0715. The lowest BCUT2D eigenvalue weighted by Crippen LogP contribution is -2.36. The summed E-state index contributed by atoms with van der Waals surface area (Å²) in [6, 6.07) is 0.337. The van der Waals surface area contributed by atoms with E-state index in [4.69, 9.17) is 34.0 Å². The molecule has 98 valence electrons. The van der Waals surface area contributed by atoms with Crippen LogP contribution in [0.4, 0.5) is 8.78 Å². The smallest absolute Gasteiger partial charge is 0.289 e. The van der Waals surface area contributed by atoms with Gasteiger partial charge in [0.15, 0.2) is 0 Å². The van der Waals surface area contributed by atoms with E-state index in [1.54, 1.807) is 0 Å². The van der Waals surface area contributed by atoms with Crippen LogP contribution in [-0.4, -0.2) is 22.7 Å². The fourth-order valence-corrected chi connectivity index (χ4v) is 1.79. The summed E-state index contributed by atoms with van der Waals surface area (Å²) in [7, 11) is 0. The molecule has 0 spiro atoms. The van der Waals surface area contributed by atoms with Crippen molar-refractivity contribution >= 4 is 35.6 Å². The molecule has 1 aromatic carbocycles. The van der Waals surface area contributed by atoms with Crippen molar-refractivity contribution in [3.05, 3.63) is 27.7 Å². The van der Waals surface area contributed by atoms with E-state index in [0.29, 0.717) is 0 Å². The summed E-state index contributed by atoms with van der Waals surface area (Å²) in [6.45, 7) is -1.44. The standard InChI is InChI=1S/C9H9Cl2F2NO2.ClH/c10-4-1-5(11)7(6(16)2-4)8(14)9(12,13)3-15;/h1-2,8,15-16H,3,14H2;1H/t8-;/m0./s1. The number of benzene rings is 1. The van der Waals surface area contributed by atoms with E-state index in [1.807, 2.05) is 0 Å². The van der Waals surface area contributed by atoms with Crippen LogP contribution in [0.5, 0.6) is 5.75 Å². The number of hydrogen-bond acceptors (Lipinski definition) is 3. The number of alkyl halides is 2. The summed E-state index contributed by atoms with van der Waals surface area (Å²) in [4.78, 5) is 0. The maximum atomic E-state index is 13.1. The lowest BCUT2D eigenvalue weighted by Gasteiger charge is -2.23. The third kappa shape index (κ3) is 3.56. The van der Waals surface area contributed by atoms with Crippen molar-refractivity contribution in [3.63, 3.8) is 0 Å². The summed E-state index contributed by atoms with van der Waals surface area (Å²) >= 11 is 11.2. The predicted octanol–water partition coefficient (Wildman–Crippen LogP) is 2.75. The molecule has 0 radical (unpaired) electrons. The van der Waals surface area contributed by atoms with Crippen LogP contribution in [-0.2, 0) is 0 Å². The third-order valence-electron chi connectivity index (χ3n) is 2.05. The summed E-state index contributed by atoms with van der Waals surface area (Å²) in [5, 5.41) is 17.8. The summed E-state index contributed by atoms with van der Waals surface area (Å²) < 4.78 is 26.2. The maximum Gasteiger partial charge on any atom is 0.289 e. The van der Waals surface area contributed by atoms with Gasteiger partial charge >= 0.3 is 0 Å². The molecule has 1 rings (SSSR count). The normalized spacial score (nSPS) is 13.1. The third-order valence-corrected chi connectivity index (χ3v) is 2.58. The number of aliphatic hydroxyl groups excluding tert-OH is 1. The predicted molar refractivity (Wildman–Crippen MR) is 64.3 cm³/mol. The number of halogens is 5. The van der Waals surface area contributed by atoms with E-state index in [9.17, 15) is 13.9 Å². The Kier molecular flexibility index (Phi) is 5.90. The quantitative estimate of drug-likeness (QED) is 0.804. The molecule has 17 heavy (non-hydrogen) atoms. The van der Waals surface area contributed by atoms with Crippen LogP contribution in [0.1, 0.15) is 11.6 Å². The first-order valence-electron chi connectivity index (χ1n) is 4.21. The van der Waals surface area contributed by atoms with Gasteiger partial charge in [-0.15, -0.1) is 12.4 Å². The first-order valence-corrected chi connectivity index (χ1v) is 4.97. The van der Waals surface area contributed by atoms with E-state index in [1.165, 1.54) is 6.07 Å². The molecule has 0 heterocycles. The SMILES string of the molecule is Cl.N[C@@H](c1c(O)cc(Cl)cc1Cl)C(F)(F)CO. The van der Waals surface area contributed by atoms with Gasteiger partial charge in [-0.1, -0.05) is 23.2 Å². The average Bonchev–Trinajstić information content (AvgIpc) is 2.15. The second-order valence-corrected chi connectivity index (χ2v) is 4.06. The molecule has 4 N–H and O–H groups in total. The highest BCUT2D eigenvalue weighted by atomic mass is 35.5. The van der Waals surface area contributed by atoms with Crippen LogP contribution >= 0.6 is 35.6 Å². The fraction of sp³-hybridized carbons (Fsp3) is 0.333. The van der Waals surface area contributed by atoms with E-state index in [2.05, 4.69) is 0 Å². The molecular weight excluding hydrogens is 298 g/mol. The highest BCUT2D eigenvalue weighted by Crippen LogP contribution is 2.39. The Hall–Kier alpha value is -0.330. The van der Waals surface area contributed by atoms with Gasteiger partial charge in [-0.3, -0.25) is 0 Å². The Balaban J connectivity index is 0.00000256. The zero-order valence-electron chi connectivity index (χ0n) is 8.33. The molecule has 0 fully saturated rings. The molecule has 8 heteroatoms. The number of phenolic OH excluding ortho intramolecular Hbond substituents is 1. The first kappa shape index (κ1) is 16.7. The van der Waals surface area contributed by atoms with Gasteiger partial charge in [0, 0.05) is 10.6 Å². The van der Waals surface area contributed by atoms with Crippen molar-refractivity contribution in [1.82, 2.24) is 0 Å². The largest absolute Gasteiger partial charge is 0.507 e. The topological polar surface area (TPSA) is 66.5 Å². The molecule has 0 saturated heterocycles. The molecule has 0 bridgehead atoms. The van der Waals surface area contributed by atoms with Crippen LogP contribution < -0.4 is 5.73 Å². The minimum Gasteiger partial charge on any atom is -0.507 e. The number of nitrogens with two attached hydrogens (primary N) is 1. The van der Waals surface area contributed by atoms with Crippen LogP contribution in [0.2, 0.25) is 10.0 Å². The fourth-order valence-electron chi connectivity index (χ4n) is 1.19. The van der Waals surface area contributed by atoms with Gasteiger partial charge in [0.1, 0.15) is 18.4 Å². The summed E-state index contributed by atoms with van der Waals surface area (Å²) in [5.74, 6) is -4.10. The number of aliphatic hydroxyl groups is 1.